The van der Waals surface area contributed by atoms with E-state index in [9.17, 15) is 8.42 Å². The van der Waals surface area contributed by atoms with Crippen molar-refractivity contribution >= 4 is 27.1 Å². The van der Waals surface area contributed by atoms with E-state index in [1.54, 1.807) is 13.8 Å². The van der Waals surface area contributed by atoms with Crippen LogP contribution in [0.1, 0.15) is 20.3 Å². The Morgan fingerprint density at radius 2 is 2.14 bits per heavy atom. The average molecular weight is 331 g/mol. The summed E-state index contributed by atoms with van der Waals surface area (Å²) in [5.74, 6) is 0. The zero-order valence-electron chi connectivity index (χ0n) is 12.8. The molecule has 1 unspecified atom stereocenters. The monoisotopic (exact) mass is 330 g/mol. The third-order valence-electron chi connectivity index (χ3n) is 4.18. The summed E-state index contributed by atoms with van der Waals surface area (Å²) >= 11 is 6.02. The summed E-state index contributed by atoms with van der Waals surface area (Å²) in [6.45, 7) is 5.83. The fourth-order valence-electron chi connectivity index (χ4n) is 2.36. The van der Waals surface area contributed by atoms with Gasteiger partial charge in [-0.15, -0.1) is 0 Å². The predicted octanol–water partition coefficient (Wildman–Crippen LogP) is 2.33. The zero-order valence-corrected chi connectivity index (χ0v) is 14.3. The predicted molar refractivity (Wildman–Crippen MR) is 89.0 cm³/mol. The Hall–Kier alpha value is -0.780. The molecule has 0 aromatic heterocycles. The quantitative estimate of drug-likeness (QED) is 0.900. The molecule has 1 aliphatic rings. The van der Waals surface area contributed by atoms with Crippen LogP contribution >= 0.6 is 11.6 Å². The second-order valence-electron chi connectivity index (χ2n) is 6.32. The number of hydrogen-bond acceptors (Lipinski definition) is 4. The van der Waals surface area contributed by atoms with Gasteiger partial charge in [0.05, 0.1) is 4.75 Å². The molecular formula is C15H23ClN2O2S. The van der Waals surface area contributed by atoms with Crippen LogP contribution in [0.15, 0.2) is 24.3 Å². The number of rotatable bonds is 5. The van der Waals surface area contributed by atoms with Crippen LogP contribution in [0.3, 0.4) is 0 Å². The second-order valence-corrected chi connectivity index (χ2v) is 9.41. The zero-order chi connectivity index (χ0) is 15.7. The number of anilines is 1. The van der Waals surface area contributed by atoms with Crippen molar-refractivity contribution in [3.63, 3.8) is 0 Å². The molecule has 1 N–H and O–H groups in total. The van der Waals surface area contributed by atoms with Crippen molar-refractivity contribution in [2.75, 3.05) is 30.8 Å². The highest BCUT2D eigenvalue weighted by Gasteiger charge is 2.32. The normalized spacial score (nSPS) is 20.0. The van der Waals surface area contributed by atoms with Gasteiger partial charge in [-0.2, -0.15) is 0 Å². The minimum Gasteiger partial charge on any atom is -0.370 e. The molecule has 21 heavy (non-hydrogen) atoms. The SMILES string of the molecule is CC(C)(CNC1CCN(c2cccc(Cl)c2)C1)S(C)(=O)=O. The lowest BCUT2D eigenvalue weighted by atomic mass is 10.2. The summed E-state index contributed by atoms with van der Waals surface area (Å²) in [5.41, 5.74) is 1.12. The van der Waals surface area contributed by atoms with E-state index in [2.05, 4.69) is 16.3 Å². The first-order valence-electron chi connectivity index (χ1n) is 7.12. The lowest BCUT2D eigenvalue weighted by molar-refractivity contribution is 0.481. The molecule has 1 fully saturated rings. The molecular weight excluding hydrogens is 308 g/mol. The smallest absolute Gasteiger partial charge is 0.153 e. The highest BCUT2D eigenvalue weighted by molar-refractivity contribution is 7.92. The molecule has 0 amide bonds. The molecule has 1 heterocycles. The molecule has 0 saturated carbocycles. The van der Waals surface area contributed by atoms with Crippen molar-refractivity contribution in [1.29, 1.82) is 0 Å². The van der Waals surface area contributed by atoms with Gasteiger partial charge in [-0.1, -0.05) is 17.7 Å². The van der Waals surface area contributed by atoms with Crippen molar-refractivity contribution in [1.82, 2.24) is 5.32 Å². The summed E-state index contributed by atoms with van der Waals surface area (Å²) in [4.78, 5) is 2.27. The Kier molecular flexibility index (Phi) is 4.85. The van der Waals surface area contributed by atoms with Crippen LogP contribution in [-0.4, -0.2) is 45.1 Å². The molecule has 1 saturated heterocycles. The first-order valence-corrected chi connectivity index (χ1v) is 9.39. The van der Waals surface area contributed by atoms with E-state index >= 15 is 0 Å². The maximum Gasteiger partial charge on any atom is 0.153 e. The van der Waals surface area contributed by atoms with Gasteiger partial charge in [-0.05, 0) is 38.5 Å². The summed E-state index contributed by atoms with van der Waals surface area (Å²) in [6, 6.07) is 8.14. The number of nitrogens with one attached hydrogen (secondary N) is 1. The molecule has 0 aliphatic carbocycles. The maximum atomic E-state index is 11.7. The van der Waals surface area contributed by atoms with E-state index in [0.29, 0.717) is 12.6 Å². The minimum atomic E-state index is -3.06. The van der Waals surface area contributed by atoms with Crippen molar-refractivity contribution in [3.8, 4) is 0 Å². The molecule has 0 bridgehead atoms. The van der Waals surface area contributed by atoms with Crippen LogP contribution in [0.25, 0.3) is 0 Å². The van der Waals surface area contributed by atoms with Crippen LogP contribution in [0, 0.1) is 0 Å². The molecule has 4 nitrogen and oxygen atoms in total. The van der Waals surface area contributed by atoms with Gasteiger partial charge in [-0.25, -0.2) is 8.42 Å². The highest BCUT2D eigenvalue weighted by atomic mass is 35.5. The van der Waals surface area contributed by atoms with E-state index in [1.807, 2.05) is 18.2 Å². The number of sulfone groups is 1. The van der Waals surface area contributed by atoms with Gasteiger partial charge in [0.2, 0.25) is 0 Å². The summed E-state index contributed by atoms with van der Waals surface area (Å²) in [6.07, 6.45) is 2.30. The van der Waals surface area contributed by atoms with E-state index in [-0.39, 0.29) is 0 Å². The second kappa shape index (κ2) is 6.15. The van der Waals surface area contributed by atoms with Gasteiger partial charge >= 0.3 is 0 Å². The third-order valence-corrected chi connectivity index (χ3v) is 6.57. The molecule has 1 atom stereocenters. The average Bonchev–Trinajstić information content (AvgIpc) is 2.84. The molecule has 118 valence electrons. The molecule has 2 rings (SSSR count). The van der Waals surface area contributed by atoms with Crippen LogP contribution in [0.4, 0.5) is 5.69 Å². The Morgan fingerprint density at radius 3 is 2.76 bits per heavy atom. The van der Waals surface area contributed by atoms with Gasteiger partial charge in [-0.3, -0.25) is 0 Å². The summed E-state index contributed by atoms with van der Waals surface area (Å²) < 4.78 is 22.7. The van der Waals surface area contributed by atoms with Crippen LogP contribution in [0.5, 0.6) is 0 Å². The summed E-state index contributed by atoms with van der Waals surface area (Å²) in [5, 5.41) is 4.13. The summed E-state index contributed by atoms with van der Waals surface area (Å²) in [7, 11) is -3.06. The van der Waals surface area contributed by atoms with Crippen molar-refractivity contribution in [3.05, 3.63) is 29.3 Å². The fourth-order valence-corrected chi connectivity index (χ4v) is 2.89. The number of benzene rings is 1. The molecule has 1 aliphatic heterocycles. The lowest BCUT2D eigenvalue weighted by Gasteiger charge is -2.25. The van der Waals surface area contributed by atoms with Crippen LogP contribution in [-0.2, 0) is 9.84 Å². The van der Waals surface area contributed by atoms with Gasteiger partial charge in [0.1, 0.15) is 0 Å². The molecule has 1 aromatic rings. The number of hydrogen-bond donors (Lipinski definition) is 1. The lowest BCUT2D eigenvalue weighted by Crippen LogP contribution is -2.46. The molecule has 0 spiro atoms. The Morgan fingerprint density at radius 1 is 1.43 bits per heavy atom. The van der Waals surface area contributed by atoms with Crippen LogP contribution in [0.2, 0.25) is 5.02 Å². The van der Waals surface area contributed by atoms with E-state index in [0.717, 1.165) is 30.2 Å². The van der Waals surface area contributed by atoms with Crippen molar-refractivity contribution < 1.29 is 8.42 Å². The van der Waals surface area contributed by atoms with E-state index in [1.165, 1.54) is 6.26 Å². The van der Waals surface area contributed by atoms with Crippen molar-refractivity contribution in [2.45, 2.75) is 31.1 Å². The highest BCUT2D eigenvalue weighted by Crippen LogP contribution is 2.24. The maximum absolute atomic E-state index is 11.7. The standard InChI is InChI=1S/C15H23ClN2O2S/c1-15(2,21(3,19)20)11-17-13-7-8-18(10-13)14-6-4-5-12(16)9-14/h4-6,9,13,17H,7-8,10-11H2,1-3H3. The Bertz CT molecular complexity index is 601. The molecule has 1 aromatic carbocycles. The third kappa shape index (κ3) is 4.11. The number of nitrogens with zero attached hydrogens (tertiary/aromatic N) is 1. The van der Waals surface area contributed by atoms with Crippen LogP contribution < -0.4 is 10.2 Å². The Balaban J connectivity index is 1.92. The largest absolute Gasteiger partial charge is 0.370 e. The van der Waals surface area contributed by atoms with Gasteiger partial charge < -0.3 is 10.2 Å². The Labute approximate surface area is 132 Å². The van der Waals surface area contributed by atoms with Gasteiger partial charge in [0.15, 0.2) is 9.84 Å². The number of halogens is 1. The first-order chi connectivity index (χ1) is 9.69. The topological polar surface area (TPSA) is 49.4 Å². The van der Waals surface area contributed by atoms with Gasteiger partial charge in [0.25, 0.3) is 0 Å². The van der Waals surface area contributed by atoms with Gasteiger partial charge in [0, 0.05) is 42.6 Å². The van der Waals surface area contributed by atoms with E-state index < -0.39 is 14.6 Å². The fraction of sp³-hybridized carbons (Fsp3) is 0.600. The van der Waals surface area contributed by atoms with E-state index in [4.69, 9.17) is 11.6 Å². The first kappa shape index (κ1) is 16.6. The molecule has 0 radical (unpaired) electrons. The minimum absolute atomic E-state index is 0.310. The van der Waals surface area contributed by atoms with Crippen molar-refractivity contribution in [2.24, 2.45) is 0 Å². The molecule has 6 heteroatoms.